The number of rotatable bonds is 3. The van der Waals surface area contributed by atoms with Gasteiger partial charge in [0.2, 0.25) is 0 Å². The number of hydrogen-bond acceptors (Lipinski definition) is 5. The summed E-state index contributed by atoms with van der Waals surface area (Å²) < 4.78 is 8.27. The summed E-state index contributed by atoms with van der Waals surface area (Å²) in [5, 5.41) is 8.88. The van der Waals surface area contributed by atoms with Crippen molar-refractivity contribution in [1.82, 2.24) is 13.7 Å². The van der Waals surface area contributed by atoms with Gasteiger partial charge in [-0.3, -0.25) is 0 Å². The van der Waals surface area contributed by atoms with Gasteiger partial charge in [0.15, 0.2) is 5.65 Å². The second-order valence-electron chi connectivity index (χ2n) is 4.00. The van der Waals surface area contributed by atoms with Gasteiger partial charge in [-0.2, -0.15) is 8.75 Å². The minimum absolute atomic E-state index is 0.178. The number of aromatic nitrogens is 3. The summed E-state index contributed by atoms with van der Waals surface area (Å²) in [5.41, 5.74) is 4.79. The summed E-state index contributed by atoms with van der Waals surface area (Å²) in [4.78, 5) is 4.27. The second-order valence-corrected chi connectivity index (χ2v) is 4.53. The first-order chi connectivity index (χ1) is 8.86. The summed E-state index contributed by atoms with van der Waals surface area (Å²) in [6.07, 6.45) is 2.50. The van der Waals surface area contributed by atoms with E-state index in [1.165, 1.54) is 11.7 Å². The van der Waals surface area contributed by atoms with Crippen molar-refractivity contribution in [3.63, 3.8) is 0 Å². The molecule has 0 saturated heterocycles. The van der Waals surface area contributed by atoms with E-state index >= 15 is 0 Å². The minimum Gasteiger partial charge on any atom is -0.396 e. The molecule has 0 radical (unpaired) electrons. The molecule has 0 bridgehead atoms. The lowest BCUT2D eigenvalue weighted by molar-refractivity contribution is 0.299. The first kappa shape index (κ1) is 11.3. The van der Waals surface area contributed by atoms with Crippen molar-refractivity contribution in [3.05, 3.63) is 42.1 Å². The average Bonchev–Trinajstić information content (AvgIpc) is 2.87. The van der Waals surface area contributed by atoms with Crippen molar-refractivity contribution < 1.29 is 5.11 Å². The van der Waals surface area contributed by atoms with Crippen LogP contribution < -0.4 is 0 Å². The Morgan fingerprint density at radius 1 is 1.06 bits per heavy atom. The van der Waals surface area contributed by atoms with E-state index in [1.54, 1.807) is 0 Å². The molecule has 0 aliphatic heterocycles. The van der Waals surface area contributed by atoms with Crippen molar-refractivity contribution in [2.24, 2.45) is 0 Å². The summed E-state index contributed by atoms with van der Waals surface area (Å²) in [7, 11) is 0. The monoisotopic (exact) mass is 257 g/mol. The number of aliphatic hydroxyl groups excluding tert-OH is 1. The quantitative estimate of drug-likeness (QED) is 0.782. The summed E-state index contributed by atoms with van der Waals surface area (Å²) in [5.74, 6) is 0. The lowest BCUT2D eigenvalue weighted by Gasteiger charge is -2.03. The maximum absolute atomic E-state index is 8.88. The Hall–Kier alpha value is -1.85. The van der Waals surface area contributed by atoms with E-state index < -0.39 is 0 Å². The van der Waals surface area contributed by atoms with Gasteiger partial charge in [-0.25, -0.2) is 4.98 Å². The van der Waals surface area contributed by atoms with Crippen LogP contribution in [0.4, 0.5) is 0 Å². The van der Waals surface area contributed by atoms with Crippen LogP contribution in [0.5, 0.6) is 0 Å². The van der Waals surface area contributed by atoms with E-state index in [0.717, 1.165) is 22.2 Å². The number of nitrogens with zero attached hydrogens (tertiary/aromatic N) is 3. The SMILES string of the molecule is OCCc1ccc(-c2cnc3nsnc3c2)cc1. The molecule has 3 aromatic rings. The molecule has 90 valence electrons. The van der Waals surface area contributed by atoms with E-state index in [4.69, 9.17) is 5.11 Å². The predicted molar refractivity (Wildman–Crippen MR) is 71.4 cm³/mol. The van der Waals surface area contributed by atoms with Crippen LogP contribution in [0, 0.1) is 0 Å². The van der Waals surface area contributed by atoms with Gasteiger partial charge >= 0.3 is 0 Å². The molecule has 0 atom stereocenters. The van der Waals surface area contributed by atoms with Gasteiger partial charge in [0.05, 0.1) is 11.7 Å². The molecule has 2 heterocycles. The zero-order valence-electron chi connectivity index (χ0n) is 9.58. The standard InChI is InChI=1S/C13H11N3OS/c17-6-5-9-1-3-10(4-2-9)11-7-12-13(14-8-11)16-18-15-12/h1-4,7-8,17H,5-6H2. The zero-order chi connectivity index (χ0) is 12.4. The van der Waals surface area contributed by atoms with Crippen LogP contribution >= 0.6 is 11.7 Å². The molecule has 0 saturated carbocycles. The molecule has 0 aliphatic carbocycles. The highest BCUT2D eigenvalue weighted by molar-refractivity contribution is 7.00. The van der Waals surface area contributed by atoms with Crippen molar-refractivity contribution >= 4 is 22.9 Å². The van der Waals surface area contributed by atoms with Crippen LogP contribution in [0.1, 0.15) is 5.56 Å². The van der Waals surface area contributed by atoms with Crippen LogP contribution in [0.15, 0.2) is 36.5 Å². The summed E-state index contributed by atoms with van der Waals surface area (Å²) in [6.45, 7) is 0.178. The van der Waals surface area contributed by atoms with Crippen LogP contribution in [0.3, 0.4) is 0 Å². The molecule has 3 rings (SSSR count). The number of hydrogen-bond donors (Lipinski definition) is 1. The molecule has 0 unspecified atom stereocenters. The lowest BCUT2D eigenvalue weighted by Crippen LogP contribution is -1.90. The highest BCUT2D eigenvalue weighted by atomic mass is 32.1. The predicted octanol–water partition coefficient (Wildman–Crippen LogP) is 2.29. The summed E-state index contributed by atoms with van der Waals surface area (Å²) >= 11 is 1.18. The number of pyridine rings is 1. The first-order valence-electron chi connectivity index (χ1n) is 5.65. The van der Waals surface area contributed by atoms with Gasteiger partial charge < -0.3 is 5.11 Å². The smallest absolute Gasteiger partial charge is 0.193 e. The second kappa shape index (κ2) is 4.80. The summed E-state index contributed by atoms with van der Waals surface area (Å²) in [6, 6.07) is 10.1. The lowest BCUT2D eigenvalue weighted by atomic mass is 10.0. The third-order valence-electron chi connectivity index (χ3n) is 2.80. The molecule has 18 heavy (non-hydrogen) atoms. The molecule has 0 spiro atoms. The van der Waals surface area contributed by atoms with Gasteiger partial charge in [-0.05, 0) is 23.6 Å². The Balaban J connectivity index is 1.97. The van der Waals surface area contributed by atoms with Crippen molar-refractivity contribution in [2.75, 3.05) is 6.61 Å². The van der Waals surface area contributed by atoms with Crippen LogP contribution in [0.2, 0.25) is 0 Å². The Bertz CT molecular complexity index is 663. The average molecular weight is 257 g/mol. The molecular weight excluding hydrogens is 246 g/mol. The molecule has 2 aromatic heterocycles. The molecular formula is C13H11N3OS. The Labute approximate surface area is 108 Å². The fraction of sp³-hybridized carbons (Fsp3) is 0.154. The maximum Gasteiger partial charge on any atom is 0.193 e. The first-order valence-corrected chi connectivity index (χ1v) is 6.38. The van der Waals surface area contributed by atoms with E-state index in [9.17, 15) is 0 Å². The van der Waals surface area contributed by atoms with Gasteiger partial charge in [-0.15, -0.1) is 0 Å². The Kier molecular flexibility index (Phi) is 3.00. The fourth-order valence-electron chi connectivity index (χ4n) is 1.84. The van der Waals surface area contributed by atoms with Crippen molar-refractivity contribution in [1.29, 1.82) is 0 Å². The van der Waals surface area contributed by atoms with Crippen molar-refractivity contribution in [2.45, 2.75) is 6.42 Å². The third kappa shape index (κ3) is 2.10. The van der Waals surface area contributed by atoms with Gasteiger partial charge in [0.1, 0.15) is 5.52 Å². The van der Waals surface area contributed by atoms with Gasteiger partial charge in [0.25, 0.3) is 0 Å². The van der Waals surface area contributed by atoms with E-state index in [-0.39, 0.29) is 6.61 Å². The normalized spacial score (nSPS) is 10.9. The highest BCUT2D eigenvalue weighted by Crippen LogP contribution is 2.22. The van der Waals surface area contributed by atoms with Crippen LogP contribution in [-0.2, 0) is 6.42 Å². The largest absolute Gasteiger partial charge is 0.396 e. The number of benzene rings is 1. The molecule has 0 amide bonds. The highest BCUT2D eigenvalue weighted by Gasteiger charge is 2.03. The topological polar surface area (TPSA) is 58.9 Å². The molecule has 5 heteroatoms. The number of fused-ring (bicyclic) bond motifs is 1. The van der Waals surface area contributed by atoms with Crippen molar-refractivity contribution in [3.8, 4) is 11.1 Å². The Morgan fingerprint density at radius 2 is 1.89 bits per heavy atom. The third-order valence-corrected chi connectivity index (χ3v) is 3.33. The molecule has 4 nitrogen and oxygen atoms in total. The van der Waals surface area contributed by atoms with Crippen LogP contribution in [-0.4, -0.2) is 25.4 Å². The van der Waals surface area contributed by atoms with E-state index in [2.05, 4.69) is 13.7 Å². The molecule has 0 aliphatic rings. The van der Waals surface area contributed by atoms with E-state index in [1.807, 2.05) is 36.5 Å². The van der Waals surface area contributed by atoms with Crippen LogP contribution in [0.25, 0.3) is 22.3 Å². The Morgan fingerprint density at radius 3 is 2.67 bits per heavy atom. The maximum atomic E-state index is 8.88. The van der Waals surface area contributed by atoms with Gasteiger partial charge in [-0.1, -0.05) is 24.3 Å². The minimum atomic E-state index is 0.178. The zero-order valence-corrected chi connectivity index (χ0v) is 10.4. The molecule has 0 fully saturated rings. The fourth-order valence-corrected chi connectivity index (χ4v) is 2.32. The molecule has 1 aromatic carbocycles. The van der Waals surface area contributed by atoms with Gasteiger partial charge in [0, 0.05) is 18.4 Å². The molecule has 1 N–H and O–H groups in total. The number of aliphatic hydroxyl groups is 1. The van der Waals surface area contributed by atoms with E-state index in [0.29, 0.717) is 12.1 Å².